The third kappa shape index (κ3) is 3.31. The van der Waals surface area contributed by atoms with Crippen LogP contribution in [0, 0.1) is 0 Å². The summed E-state index contributed by atoms with van der Waals surface area (Å²) >= 11 is 6.17. The Kier molecular flexibility index (Phi) is 4.67. The summed E-state index contributed by atoms with van der Waals surface area (Å²) in [4.78, 5) is 17.8. The maximum Gasteiger partial charge on any atom is 0.166 e. The molecule has 0 saturated carbocycles. The van der Waals surface area contributed by atoms with Crippen molar-refractivity contribution in [2.75, 3.05) is 0 Å². The van der Waals surface area contributed by atoms with E-state index in [4.69, 9.17) is 16.6 Å². The number of ketones is 1. The first-order valence-electron chi connectivity index (χ1n) is 10.3. The predicted molar refractivity (Wildman–Crippen MR) is 119 cm³/mol. The van der Waals surface area contributed by atoms with Gasteiger partial charge in [0.05, 0.1) is 17.5 Å². The van der Waals surface area contributed by atoms with E-state index in [0.29, 0.717) is 22.9 Å². The molecule has 0 bridgehead atoms. The van der Waals surface area contributed by atoms with Gasteiger partial charge in [-0.05, 0) is 47.1 Å². The quantitative estimate of drug-likeness (QED) is 0.407. The molecule has 0 amide bonds. The molecule has 1 aliphatic carbocycles. The van der Waals surface area contributed by atoms with Crippen molar-refractivity contribution in [1.29, 1.82) is 0 Å². The molecule has 150 valence electrons. The van der Waals surface area contributed by atoms with E-state index in [9.17, 15) is 4.79 Å². The first-order valence-corrected chi connectivity index (χ1v) is 10.6. The molecular formula is C25H22ClN3O. The van der Waals surface area contributed by atoms with Crippen LogP contribution in [0.5, 0.6) is 0 Å². The minimum Gasteiger partial charge on any atom is -0.294 e. The minimum absolute atomic E-state index is 0.128. The number of nitrogens with zero attached hydrogens (tertiary/aromatic N) is 3. The summed E-state index contributed by atoms with van der Waals surface area (Å²) in [7, 11) is 0. The van der Waals surface area contributed by atoms with E-state index in [2.05, 4.69) is 43.2 Å². The molecule has 1 atom stereocenters. The summed E-state index contributed by atoms with van der Waals surface area (Å²) in [6, 6.07) is 16.3. The Hall–Kier alpha value is -2.98. The first-order chi connectivity index (χ1) is 14.5. The molecule has 1 aliphatic rings. The Bertz CT molecular complexity index is 1260. The molecule has 30 heavy (non-hydrogen) atoms. The van der Waals surface area contributed by atoms with Crippen LogP contribution in [0.15, 0.2) is 60.9 Å². The largest absolute Gasteiger partial charge is 0.294 e. The Labute approximate surface area is 180 Å². The zero-order valence-corrected chi connectivity index (χ0v) is 17.7. The molecule has 1 unspecified atom stereocenters. The van der Waals surface area contributed by atoms with Gasteiger partial charge in [0.25, 0.3) is 0 Å². The number of hydrogen-bond donors (Lipinski definition) is 0. The lowest BCUT2D eigenvalue weighted by atomic mass is 9.81. The number of benzene rings is 2. The Morgan fingerprint density at radius 1 is 1.07 bits per heavy atom. The number of carbonyl (C=O) groups is 1. The minimum atomic E-state index is 0.128. The van der Waals surface area contributed by atoms with Gasteiger partial charge in [0.1, 0.15) is 0 Å². The van der Waals surface area contributed by atoms with Crippen molar-refractivity contribution < 1.29 is 4.79 Å². The van der Waals surface area contributed by atoms with Gasteiger partial charge in [-0.3, -0.25) is 4.79 Å². The number of halogens is 1. The topological polar surface area (TPSA) is 47.3 Å². The molecule has 2 heterocycles. The standard InChI is InChI=1S/C25H22ClN3O/c1-15(2)16-6-8-17(9-7-16)19-11-23-22(24(30)12-19)14-29-25(28-23)21(13-27-29)18-4-3-5-20(26)10-18/h3-10,13-15,19H,11-12H2,1-2H3. The fourth-order valence-corrected chi connectivity index (χ4v) is 4.41. The molecular weight excluding hydrogens is 394 g/mol. The highest BCUT2D eigenvalue weighted by Gasteiger charge is 2.28. The third-order valence-corrected chi connectivity index (χ3v) is 6.19. The Balaban J connectivity index is 1.54. The van der Waals surface area contributed by atoms with Crippen molar-refractivity contribution >= 4 is 23.0 Å². The maximum absolute atomic E-state index is 12.9. The van der Waals surface area contributed by atoms with Crippen molar-refractivity contribution in [2.45, 2.75) is 38.5 Å². The highest BCUT2D eigenvalue weighted by molar-refractivity contribution is 6.30. The van der Waals surface area contributed by atoms with Crippen LogP contribution in [0.3, 0.4) is 0 Å². The van der Waals surface area contributed by atoms with E-state index in [1.165, 1.54) is 11.1 Å². The zero-order chi connectivity index (χ0) is 20.8. The van der Waals surface area contributed by atoms with Gasteiger partial charge in [0.15, 0.2) is 11.4 Å². The molecule has 0 spiro atoms. The second-order valence-corrected chi connectivity index (χ2v) is 8.72. The number of fused-ring (bicyclic) bond motifs is 2. The number of aromatic nitrogens is 3. The highest BCUT2D eigenvalue weighted by Crippen LogP contribution is 2.34. The second kappa shape index (κ2) is 7.37. The second-order valence-electron chi connectivity index (χ2n) is 8.29. The van der Waals surface area contributed by atoms with E-state index in [1.807, 2.05) is 30.5 Å². The van der Waals surface area contributed by atoms with Crippen molar-refractivity contribution in [3.63, 3.8) is 0 Å². The van der Waals surface area contributed by atoms with Crippen molar-refractivity contribution in [1.82, 2.24) is 14.6 Å². The van der Waals surface area contributed by atoms with Gasteiger partial charge >= 0.3 is 0 Å². The lowest BCUT2D eigenvalue weighted by Crippen LogP contribution is -2.21. The van der Waals surface area contributed by atoms with E-state index >= 15 is 0 Å². The van der Waals surface area contributed by atoms with Crippen LogP contribution in [-0.4, -0.2) is 20.4 Å². The van der Waals surface area contributed by atoms with Gasteiger partial charge < -0.3 is 0 Å². The normalized spacial score (nSPS) is 16.3. The van der Waals surface area contributed by atoms with Crippen LogP contribution in [-0.2, 0) is 6.42 Å². The maximum atomic E-state index is 12.9. The average molecular weight is 416 g/mol. The van der Waals surface area contributed by atoms with Gasteiger partial charge in [-0.15, -0.1) is 0 Å². The Morgan fingerprint density at radius 2 is 1.87 bits per heavy atom. The predicted octanol–water partition coefficient (Wildman–Crippen LogP) is 6.09. The van der Waals surface area contributed by atoms with Crippen LogP contribution >= 0.6 is 11.6 Å². The van der Waals surface area contributed by atoms with E-state index in [1.54, 1.807) is 10.7 Å². The first kappa shape index (κ1) is 19.0. The molecule has 0 fully saturated rings. The van der Waals surface area contributed by atoms with Crippen LogP contribution in [0.25, 0.3) is 16.8 Å². The van der Waals surface area contributed by atoms with Gasteiger partial charge in [-0.2, -0.15) is 5.10 Å². The number of hydrogen-bond acceptors (Lipinski definition) is 3. The van der Waals surface area contributed by atoms with Crippen LogP contribution in [0.2, 0.25) is 5.02 Å². The summed E-state index contributed by atoms with van der Waals surface area (Å²) in [6.45, 7) is 4.38. The molecule has 0 aliphatic heterocycles. The monoisotopic (exact) mass is 415 g/mol. The molecule has 0 N–H and O–H groups in total. The van der Waals surface area contributed by atoms with Crippen molar-refractivity contribution in [2.24, 2.45) is 0 Å². The van der Waals surface area contributed by atoms with Crippen LogP contribution < -0.4 is 0 Å². The molecule has 5 rings (SSSR count). The lowest BCUT2D eigenvalue weighted by Gasteiger charge is -2.23. The number of Topliss-reactive ketones (excluding diaryl/α,β-unsaturated/α-hetero) is 1. The highest BCUT2D eigenvalue weighted by atomic mass is 35.5. The van der Waals surface area contributed by atoms with Gasteiger partial charge in [-0.25, -0.2) is 9.50 Å². The SMILES string of the molecule is CC(C)c1ccc(C2CC(=O)c3cn4ncc(-c5cccc(Cl)c5)c4nc3C2)cc1. The van der Waals surface area contributed by atoms with E-state index < -0.39 is 0 Å². The third-order valence-electron chi connectivity index (χ3n) is 5.95. The molecule has 4 aromatic rings. The molecule has 4 nitrogen and oxygen atoms in total. The van der Waals surface area contributed by atoms with E-state index in [-0.39, 0.29) is 11.7 Å². The molecule has 2 aromatic heterocycles. The van der Waals surface area contributed by atoms with E-state index in [0.717, 1.165) is 28.9 Å². The zero-order valence-electron chi connectivity index (χ0n) is 17.0. The smallest absolute Gasteiger partial charge is 0.166 e. The fourth-order valence-electron chi connectivity index (χ4n) is 4.22. The van der Waals surface area contributed by atoms with Crippen molar-refractivity contribution in [3.8, 4) is 11.1 Å². The van der Waals surface area contributed by atoms with Crippen LogP contribution in [0.1, 0.15) is 59.3 Å². The van der Waals surface area contributed by atoms with Gasteiger partial charge in [0.2, 0.25) is 0 Å². The number of rotatable bonds is 3. The number of carbonyl (C=O) groups excluding carboxylic acids is 1. The lowest BCUT2D eigenvalue weighted by molar-refractivity contribution is 0.0962. The summed E-state index contributed by atoms with van der Waals surface area (Å²) in [5.41, 5.74) is 6.66. The molecule has 0 saturated heterocycles. The molecule has 5 heteroatoms. The van der Waals surface area contributed by atoms with Gasteiger partial charge in [-0.1, -0.05) is 61.8 Å². The molecule has 0 radical (unpaired) electrons. The summed E-state index contributed by atoms with van der Waals surface area (Å²) in [6.07, 6.45) is 4.86. The van der Waals surface area contributed by atoms with Crippen molar-refractivity contribution in [3.05, 3.63) is 88.3 Å². The fraction of sp³-hybridized carbons (Fsp3) is 0.240. The van der Waals surface area contributed by atoms with Crippen LogP contribution in [0.4, 0.5) is 0 Å². The summed E-state index contributed by atoms with van der Waals surface area (Å²) < 4.78 is 1.70. The summed E-state index contributed by atoms with van der Waals surface area (Å²) in [5, 5.41) is 5.10. The average Bonchev–Trinajstić information content (AvgIpc) is 3.15. The molecule has 2 aromatic carbocycles. The van der Waals surface area contributed by atoms with Gasteiger partial charge in [0, 0.05) is 23.2 Å². The summed E-state index contributed by atoms with van der Waals surface area (Å²) in [5.74, 6) is 0.775. The Morgan fingerprint density at radius 3 is 2.60 bits per heavy atom.